The molecule has 4 rings (SSSR count). The van der Waals surface area contributed by atoms with Gasteiger partial charge in [-0.2, -0.15) is 10.2 Å². The summed E-state index contributed by atoms with van der Waals surface area (Å²) in [4.78, 5) is 4.49. The van der Waals surface area contributed by atoms with E-state index in [1.54, 1.807) is 21.6 Å². The smallest absolute Gasteiger partial charge is 0.161 e. The van der Waals surface area contributed by atoms with E-state index in [2.05, 4.69) is 25.8 Å². The Kier molecular flexibility index (Phi) is 3.95. The number of rotatable bonds is 4. The number of phenolic OH excluding ortho intramolecular Hbond substituents is 1. The molecule has 0 radical (unpaired) electrons. The van der Waals surface area contributed by atoms with Crippen LogP contribution >= 0.6 is 0 Å². The second kappa shape index (κ2) is 6.31. The molecule has 0 saturated carbocycles. The van der Waals surface area contributed by atoms with Gasteiger partial charge in [-0.1, -0.05) is 6.07 Å². The number of anilines is 4. The molecule has 0 aliphatic carbocycles. The highest BCUT2D eigenvalue weighted by Crippen LogP contribution is 2.33. The molecule has 0 spiro atoms. The zero-order valence-electron chi connectivity index (χ0n) is 15.6. The third-order valence-electron chi connectivity index (χ3n) is 4.59. The summed E-state index contributed by atoms with van der Waals surface area (Å²) in [5.74, 6) is 2.38. The van der Waals surface area contributed by atoms with E-state index in [-0.39, 0.29) is 5.75 Å². The fourth-order valence-electron chi connectivity index (χ4n) is 3.07. The van der Waals surface area contributed by atoms with Gasteiger partial charge in [0.15, 0.2) is 11.6 Å². The third-order valence-corrected chi connectivity index (χ3v) is 4.59. The lowest BCUT2D eigenvalue weighted by Gasteiger charge is -2.12. The van der Waals surface area contributed by atoms with Gasteiger partial charge < -0.3 is 15.7 Å². The highest BCUT2D eigenvalue weighted by atomic mass is 16.3. The Morgan fingerprint density at radius 3 is 2.56 bits per heavy atom. The molecule has 3 heterocycles. The summed E-state index contributed by atoms with van der Waals surface area (Å²) in [5.41, 5.74) is 3.60. The van der Waals surface area contributed by atoms with Crippen molar-refractivity contribution in [3.8, 4) is 5.75 Å². The van der Waals surface area contributed by atoms with Crippen LogP contribution < -0.4 is 10.6 Å². The van der Waals surface area contributed by atoms with Gasteiger partial charge in [-0.15, -0.1) is 0 Å². The first-order valence-corrected chi connectivity index (χ1v) is 8.58. The second-order valence-corrected chi connectivity index (χ2v) is 6.59. The number of hydrogen-bond donors (Lipinski definition) is 3. The van der Waals surface area contributed by atoms with Crippen LogP contribution in [0.15, 0.2) is 36.7 Å². The SMILES string of the molecule is Cc1ccc(O)c(C)c1Nc1nn(C)c2cc(Nc3ccn(C)n3)ncc12. The van der Waals surface area contributed by atoms with Crippen LogP contribution in [0.4, 0.5) is 23.1 Å². The van der Waals surface area contributed by atoms with E-state index in [1.807, 2.05) is 52.3 Å². The summed E-state index contributed by atoms with van der Waals surface area (Å²) in [5, 5.41) is 26.3. The Hall–Kier alpha value is -3.55. The highest BCUT2D eigenvalue weighted by molar-refractivity contribution is 5.93. The second-order valence-electron chi connectivity index (χ2n) is 6.59. The molecule has 8 nitrogen and oxygen atoms in total. The highest BCUT2D eigenvalue weighted by Gasteiger charge is 2.14. The average Bonchev–Trinajstić information content (AvgIpc) is 3.18. The first-order chi connectivity index (χ1) is 12.9. The number of fused-ring (bicyclic) bond motifs is 1. The van der Waals surface area contributed by atoms with Gasteiger partial charge in [0, 0.05) is 49.9 Å². The molecule has 27 heavy (non-hydrogen) atoms. The Morgan fingerprint density at radius 1 is 1.00 bits per heavy atom. The third kappa shape index (κ3) is 3.05. The van der Waals surface area contributed by atoms with Gasteiger partial charge >= 0.3 is 0 Å². The molecule has 0 amide bonds. The molecule has 0 unspecified atom stereocenters. The molecule has 4 aromatic rings. The van der Waals surface area contributed by atoms with Gasteiger partial charge in [0.1, 0.15) is 11.6 Å². The van der Waals surface area contributed by atoms with E-state index in [0.29, 0.717) is 11.6 Å². The van der Waals surface area contributed by atoms with Crippen molar-refractivity contribution >= 4 is 34.0 Å². The first-order valence-electron chi connectivity index (χ1n) is 8.58. The van der Waals surface area contributed by atoms with Gasteiger partial charge in [0.25, 0.3) is 0 Å². The fourth-order valence-corrected chi connectivity index (χ4v) is 3.07. The van der Waals surface area contributed by atoms with Gasteiger partial charge in [0.2, 0.25) is 0 Å². The van der Waals surface area contributed by atoms with E-state index in [4.69, 9.17) is 0 Å². The summed E-state index contributed by atoms with van der Waals surface area (Å²) >= 11 is 0. The molecule has 0 bridgehead atoms. The Labute approximate surface area is 156 Å². The normalized spacial score (nSPS) is 11.1. The quantitative estimate of drug-likeness (QED) is 0.514. The van der Waals surface area contributed by atoms with Crippen LogP contribution in [0, 0.1) is 13.8 Å². The topological polar surface area (TPSA) is 92.8 Å². The lowest BCUT2D eigenvalue weighted by Crippen LogP contribution is -1.98. The molecule has 0 atom stereocenters. The molecule has 1 aromatic carbocycles. The van der Waals surface area contributed by atoms with E-state index in [0.717, 1.165) is 33.5 Å². The van der Waals surface area contributed by atoms with Crippen LogP contribution in [0.1, 0.15) is 11.1 Å². The fraction of sp³-hybridized carbons (Fsp3) is 0.211. The van der Waals surface area contributed by atoms with Crippen LogP contribution in [-0.2, 0) is 14.1 Å². The summed E-state index contributed by atoms with van der Waals surface area (Å²) in [6.07, 6.45) is 3.65. The lowest BCUT2D eigenvalue weighted by atomic mass is 10.1. The molecule has 0 aliphatic heterocycles. The summed E-state index contributed by atoms with van der Waals surface area (Å²) in [6, 6.07) is 7.40. The number of nitrogens with zero attached hydrogens (tertiary/aromatic N) is 5. The van der Waals surface area contributed by atoms with E-state index >= 15 is 0 Å². The predicted octanol–water partition coefficient (Wildman–Crippen LogP) is 3.51. The Balaban J connectivity index is 1.70. The Bertz CT molecular complexity index is 1140. The van der Waals surface area contributed by atoms with Crippen LogP contribution in [0.2, 0.25) is 0 Å². The van der Waals surface area contributed by atoms with Crippen molar-refractivity contribution in [2.45, 2.75) is 13.8 Å². The zero-order chi connectivity index (χ0) is 19.1. The minimum absolute atomic E-state index is 0.253. The van der Waals surface area contributed by atoms with Crippen LogP contribution in [0.3, 0.4) is 0 Å². The van der Waals surface area contributed by atoms with Gasteiger partial charge in [-0.25, -0.2) is 4.98 Å². The lowest BCUT2D eigenvalue weighted by molar-refractivity contribution is 0.471. The molecule has 0 fully saturated rings. The van der Waals surface area contributed by atoms with Crippen molar-refractivity contribution in [2.24, 2.45) is 14.1 Å². The van der Waals surface area contributed by atoms with E-state index in [9.17, 15) is 5.11 Å². The van der Waals surface area contributed by atoms with E-state index < -0.39 is 0 Å². The number of benzene rings is 1. The summed E-state index contributed by atoms with van der Waals surface area (Å²) < 4.78 is 3.53. The number of aromatic hydroxyl groups is 1. The van der Waals surface area contributed by atoms with Crippen molar-refractivity contribution in [1.82, 2.24) is 24.5 Å². The van der Waals surface area contributed by atoms with Crippen molar-refractivity contribution in [3.63, 3.8) is 0 Å². The minimum atomic E-state index is 0.253. The van der Waals surface area contributed by atoms with Crippen LogP contribution in [0.5, 0.6) is 5.75 Å². The van der Waals surface area contributed by atoms with Gasteiger partial charge in [0.05, 0.1) is 10.9 Å². The Morgan fingerprint density at radius 2 is 1.81 bits per heavy atom. The van der Waals surface area contributed by atoms with Crippen molar-refractivity contribution in [2.75, 3.05) is 10.6 Å². The van der Waals surface area contributed by atoms with Crippen molar-refractivity contribution in [3.05, 3.63) is 47.8 Å². The van der Waals surface area contributed by atoms with Crippen molar-refractivity contribution in [1.29, 1.82) is 0 Å². The molecule has 0 saturated heterocycles. The zero-order valence-corrected chi connectivity index (χ0v) is 15.6. The molecule has 3 aromatic heterocycles. The minimum Gasteiger partial charge on any atom is -0.508 e. The van der Waals surface area contributed by atoms with Crippen LogP contribution in [-0.4, -0.2) is 29.7 Å². The number of aromatic nitrogens is 5. The number of pyridine rings is 1. The van der Waals surface area contributed by atoms with E-state index in [1.165, 1.54) is 0 Å². The monoisotopic (exact) mass is 363 g/mol. The first kappa shape index (κ1) is 16.9. The maximum Gasteiger partial charge on any atom is 0.161 e. The number of nitrogens with one attached hydrogen (secondary N) is 2. The maximum absolute atomic E-state index is 10.0. The molecule has 0 aliphatic rings. The number of hydrogen-bond acceptors (Lipinski definition) is 6. The molecule has 8 heteroatoms. The summed E-state index contributed by atoms with van der Waals surface area (Å²) in [7, 11) is 3.76. The average molecular weight is 363 g/mol. The van der Waals surface area contributed by atoms with Gasteiger partial charge in [-0.05, 0) is 25.5 Å². The van der Waals surface area contributed by atoms with Crippen LogP contribution in [0.25, 0.3) is 10.9 Å². The van der Waals surface area contributed by atoms with Crippen molar-refractivity contribution < 1.29 is 5.11 Å². The molecular weight excluding hydrogens is 342 g/mol. The standard InChI is InChI=1S/C19H21N7O/c1-11-5-6-15(27)12(2)18(11)22-19-13-10-20-17(9-14(13)26(4)24-19)21-16-7-8-25(3)23-16/h5-10,27H,1-4H3,(H,22,24)(H,20,21,23). The molecular formula is C19H21N7O. The number of phenols is 1. The number of aryl methyl sites for hydroxylation is 3. The predicted molar refractivity (Wildman–Crippen MR) is 106 cm³/mol. The molecule has 3 N–H and O–H groups in total. The largest absolute Gasteiger partial charge is 0.508 e. The molecule has 138 valence electrons. The maximum atomic E-state index is 10.0. The summed E-state index contributed by atoms with van der Waals surface area (Å²) in [6.45, 7) is 3.87. The van der Waals surface area contributed by atoms with Gasteiger partial charge in [-0.3, -0.25) is 9.36 Å².